The number of likely N-dealkylation sites (tertiary alicyclic amines) is 1. The number of nitrogens with zero attached hydrogens (tertiary/aromatic N) is 1. The molecule has 1 N–H and O–H groups in total. The molecule has 1 aromatic carbocycles. The lowest BCUT2D eigenvalue weighted by molar-refractivity contribution is -0.137. The van der Waals surface area contributed by atoms with Crippen molar-refractivity contribution in [3.63, 3.8) is 0 Å². The van der Waals surface area contributed by atoms with Gasteiger partial charge in [-0.1, -0.05) is 23.7 Å². The van der Waals surface area contributed by atoms with E-state index in [0.29, 0.717) is 30.1 Å². The van der Waals surface area contributed by atoms with Gasteiger partial charge in [0.2, 0.25) is 5.91 Å². The van der Waals surface area contributed by atoms with Crippen molar-refractivity contribution in [2.75, 3.05) is 32.8 Å². The number of amides is 2. The zero-order valence-corrected chi connectivity index (χ0v) is 13.8. The second-order valence-corrected chi connectivity index (χ2v) is 6.76. The van der Waals surface area contributed by atoms with Crippen LogP contribution >= 0.6 is 11.6 Å². The molecule has 5 nitrogen and oxygen atoms in total. The summed E-state index contributed by atoms with van der Waals surface area (Å²) in [7, 11) is 0. The molecule has 3 rings (SSSR count). The van der Waals surface area contributed by atoms with Gasteiger partial charge in [-0.3, -0.25) is 9.59 Å². The summed E-state index contributed by atoms with van der Waals surface area (Å²) < 4.78 is 5.51. The van der Waals surface area contributed by atoms with Crippen LogP contribution in [0.1, 0.15) is 29.6 Å². The SMILES string of the molecule is O=C(NCCN1C[C@]2(CCOC2)CCC1=O)c1ccccc1Cl. The second-order valence-electron chi connectivity index (χ2n) is 6.35. The Hall–Kier alpha value is -1.59. The van der Waals surface area contributed by atoms with Gasteiger partial charge in [0, 0.05) is 38.1 Å². The summed E-state index contributed by atoms with van der Waals surface area (Å²) in [5.74, 6) is -0.0477. The fourth-order valence-electron chi connectivity index (χ4n) is 3.32. The molecule has 2 saturated heterocycles. The molecular formula is C17H21ClN2O3. The number of hydrogen-bond acceptors (Lipinski definition) is 3. The highest BCUT2D eigenvalue weighted by molar-refractivity contribution is 6.33. The van der Waals surface area contributed by atoms with Crippen LogP contribution < -0.4 is 5.32 Å². The molecular weight excluding hydrogens is 316 g/mol. The quantitative estimate of drug-likeness (QED) is 0.916. The molecule has 0 aromatic heterocycles. The van der Waals surface area contributed by atoms with Gasteiger partial charge in [-0.2, -0.15) is 0 Å². The van der Waals surface area contributed by atoms with Crippen LogP contribution in [0.15, 0.2) is 24.3 Å². The van der Waals surface area contributed by atoms with Crippen molar-refractivity contribution < 1.29 is 14.3 Å². The summed E-state index contributed by atoms with van der Waals surface area (Å²) in [4.78, 5) is 26.1. The standard InChI is InChI=1S/C17H21ClN2O3/c18-14-4-2-1-3-13(14)16(22)19-8-9-20-11-17(6-5-15(20)21)7-10-23-12-17/h1-4H,5-12H2,(H,19,22)/t17-/m1/s1. The molecule has 2 heterocycles. The minimum Gasteiger partial charge on any atom is -0.381 e. The topological polar surface area (TPSA) is 58.6 Å². The smallest absolute Gasteiger partial charge is 0.252 e. The fourth-order valence-corrected chi connectivity index (χ4v) is 3.54. The monoisotopic (exact) mass is 336 g/mol. The number of nitrogens with one attached hydrogen (secondary N) is 1. The van der Waals surface area contributed by atoms with Crippen molar-refractivity contribution >= 4 is 23.4 Å². The van der Waals surface area contributed by atoms with Gasteiger partial charge >= 0.3 is 0 Å². The van der Waals surface area contributed by atoms with Gasteiger partial charge in [0.15, 0.2) is 0 Å². The maximum atomic E-state index is 12.1. The van der Waals surface area contributed by atoms with E-state index in [9.17, 15) is 9.59 Å². The van der Waals surface area contributed by atoms with Gasteiger partial charge in [0.25, 0.3) is 5.91 Å². The Morgan fingerprint density at radius 2 is 2.17 bits per heavy atom. The van der Waals surface area contributed by atoms with E-state index in [2.05, 4.69) is 5.32 Å². The molecule has 6 heteroatoms. The van der Waals surface area contributed by atoms with E-state index in [4.69, 9.17) is 16.3 Å². The lowest BCUT2D eigenvalue weighted by Crippen LogP contribution is -2.49. The Morgan fingerprint density at radius 3 is 2.91 bits per heavy atom. The molecule has 23 heavy (non-hydrogen) atoms. The van der Waals surface area contributed by atoms with Crippen molar-refractivity contribution in [2.45, 2.75) is 19.3 Å². The van der Waals surface area contributed by atoms with Gasteiger partial charge < -0.3 is 15.0 Å². The molecule has 0 aliphatic carbocycles. The molecule has 1 atom stereocenters. The van der Waals surface area contributed by atoms with Crippen LogP contribution in [0.3, 0.4) is 0 Å². The molecule has 2 aliphatic heterocycles. The highest BCUT2D eigenvalue weighted by Gasteiger charge is 2.41. The number of ether oxygens (including phenoxy) is 1. The Kier molecular flexibility index (Phi) is 4.87. The number of carbonyl (C=O) groups excluding carboxylic acids is 2. The lowest BCUT2D eigenvalue weighted by atomic mass is 9.79. The van der Waals surface area contributed by atoms with E-state index in [1.165, 1.54) is 0 Å². The average Bonchev–Trinajstić information content (AvgIpc) is 2.99. The van der Waals surface area contributed by atoms with Gasteiger partial charge in [-0.15, -0.1) is 0 Å². The number of rotatable bonds is 4. The number of hydrogen-bond donors (Lipinski definition) is 1. The molecule has 2 fully saturated rings. The highest BCUT2D eigenvalue weighted by atomic mass is 35.5. The van der Waals surface area contributed by atoms with Crippen LogP contribution in [0.5, 0.6) is 0 Å². The molecule has 0 radical (unpaired) electrons. The predicted molar refractivity (Wildman–Crippen MR) is 87.5 cm³/mol. The van der Waals surface area contributed by atoms with Crippen LogP contribution in [-0.2, 0) is 9.53 Å². The third-order valence-corrected chi connectivity index (χ3v) is 5.05. The van der Waals surface area contributed by atoms with Gasteiger partial charge in [0.1, 0.15) is 0 Å². The summed E-state index contributed by atoms with van der Waals surface area (Å²) in [5, 5.41) is 3.27. The van der Waals surface area contributed by atoms with Gasteiger partial charge in [-0.25, -0.2) is 0 Å². The molecule has 0 bridgehead atoms. The maximum Gasteiger partial charge on any atom is 0.252 e. The zero-order chi connectivity index (χ0) is 16.3. The van der Waals surface area contributed by atoms with E-state index >= 15 is 0 Å². The van der Waals surface area contributed by atoms with Crippen molar-refractivity contribution in [3.8, 4) is 0 Å². The Morgan fingerprint density at radius 1 is 1.35 bits per heavy atom. The molecule has 2 amide bonds. The van der Waals surface area contributed by atoms with Crippen LogP contribution in [0.25, 0.3) is 0 Å². The van der Waals surface area contributed by atoms with E-state index in [0.717, 1.165) is 32.6 Å². The Balaban J connectivity index is 1.52. The molecule has 1 aromatic rings. The summed E-state index contributed by atoms with van der Waals surface area (Å²) >= 11 is 6.01. The zero-order valence-electron chi connectivity index (χ0n) is 13.0. The van der Waals surface area contributed by atoms with Crippen LogP contribution in [0.4, 0.5) is 0 Å². The Labute approximate surface area is 140 Å². The normalized spacial score (nSPS) is 24.2. The first-order valence-corrected chi connectivity index (χ1v) is 8.36. The highest BCUT2D eigenvalue weighted by Crippen LogP contribution is 2.37. The van der Waals surface area contributed by atoms with E-state index < -0.39 is 0 Å². The summed E-state index contributed by atoms with van der Waals surface area (Å²) in [5.41, 5.74) is 0.584. The number of benzene rings is 1. The van der Waals surface area contributed by atoms with Crippen molar-refractivity contribution in [2.24, 2.45) is 5.41 Å². The lowest BCUT2D eigenvalue weighted by Gasteiger charge is -2.39. The minimum atomic E-state index is -0.209. The van der Waals surface area contributed by atoms with E-state index in [1.807, 2.05) is 4.90 Å². The largest absolute Gasteiger partial charge is 0.381 e. The van der Waals surface area contributed by atoms with E-state index in [-0.39, 0.29) is 17.2 Å². The molecule has 0 saturated carbocycles. The van der Waals surface area contributed by atoms with Crippen molar-refractivity contribution in [1.29, 1.82) is 0 Å². The molecule has 1 spiro atoms. The van der Waals surface area contributed by atoms with Crippen molar-refractivity contribution in [1.82, 2.24) is 10.2 Å². The number of carbonyl (C=O) groups is 2. The number of halogens is 1. The maximum absolute atomic E-state index is 12.1. The molecule has 0 unspecified atom stereocenters. The first kappa shape index (κ1) is 16.3. The second kappa shape index (κ2) is 6.89. The summed E-state index contributed by atoms with van der Waals surface area (Å²) in [6, 6.07) is 6.94. The third kappa shape index (κ3) is 3.67. The molecule has 2 aliphatic rings. The van der Waals surface area contributed by atoms with Crippen LogP contribution in [0, 0.1) is 5.41 Å². The first-order valence-electron chi connectivity index (χ1n) is 7.98. The van der Waals surface area contributed by atoms with Crippen LogP contribution in [0.2, 0.25) is 5.02 Å². The Bertz CT molecular complexity index is 599. The predicted octanol–water partition coefficient (Wildman–Crippen LogP) is 2.10. The van der Waals surface area contributed by atoms with Crippen molar-refractivity contribution in [3.05, 3.63) is 34.9 Å². The van der Waals surface area contributed by atoms with Crippen LogP contribution in [-0.4, -0.2) is 49.6 Å². The van der Waals surface area contributed by atoms with Gasteiger partial charge in [-0.05, 0) is 25.0 Å². The molecule has 124 valence electrons. The average molecular weight is 337 g/mol. The number of piperidine rings is 1. The minimum absolute atomic E-state index is 0.126. The van der Waals surface area contributed by atoms with Gasteiger partial charge in [0.05, 0.1) is 17.2 Å². The summed E-state index contributed by atoms with van der Waals surface area (Å²) in [6.45, 7) is 3.20. The summed E-state index contributed by atoms with van der Waals surface area (Å²) in [6.07, 6.45) is 2.50. The fraction of sp³-hybridized carbons (Fsp3) is 0.529. The third-order valence-electron chi connectivity index (χ3n) is 4.72. The van der Waals surface area contributed by atoms with E-state index in [1.54, 1.807) is 24.3 Å². The first-order chi connectivity index (χ1) is 11.1.